The molecule has 0 saturated carbocycles. The minimum atomic E-state index is -0.259. The molecule has 248 valence electrons. The number of para-hydroxylation sites is 1. The van der Waals surface area contributed by atoms with E-state index in [1.807, 2.05) is 0 Å². The molecule has 1 spiro atoms. The van der Waals surface area contributed by atoms with E-state index < -0.39 is 0 Å². The largest absolute Gasteiger partial charge is 0.293 e. The maximum absolute atomic E-state index is 2.80. The van der Waals surface area contributed by atoms with Crippen LogP contribution >= 0.6 is 23.5 Å². The highest BCUT2D eigenvalue weighted by Gasteiger charge is 2.66. The van der Waals surface area contributed by atoms with Gasteiger partial charge in [0.15, 0.2) is 0 Å². The fraction of sp³-hybridized carbons (Fsp3) is 0.432. The van der Waals surface area contributed by atoms with Gasteiger partial charge in [-0.15, -0.1) is 0 Å². The maximum Gasteiger partial charge on any atom is 0.293 e. The lowest BCUT2D eigenvalue weighted by molar-refractivity contribution is -0.663. The van der Waals surface area contributed by atoms with Gasteiger partial charge in [0.25, 0.3) is 4.20 Å². The SMILES string of the molecule is CC(C)Cc1ccc2c(c1)-c1c(c3ccccc3[n+]3c1-c1cc(C(C)(C)C)c4ccccc4c1C31SC(N(C(C)C)C(C)C)S1)C2(C)C. The molecule has 0 atom stereocenters. The predicted molar refractivity (Wildman–Crippen MR) is 210 cm³/mol. The van der Waals surface area contributed by atoms with Crippen LogP contribution in [0.25, 0.3) is 44.1 Å². The van der Waals surface area contributed by atoms with Crippen LogP contribution in [0.4, 0.5) is 0 Å². The van der Waals surface area contributed by atoms with E-state index in [0.717, 1.165) is 6.42 Å². The molecular formula is C44H51N2S2+. The molecule has 2 nitrogen and oxygen atoms in total. The third-order valence-corrected chi connectivity index (χ3v) is 14.6. The van der Waals surface area contributed by atoms with Gasteiger partial charge in [-0.05, 0) is 120 Å². The minimum Gasteiger partial charge on any atom is -0.278 e. The Kier molecular flexibility index (Phi) is 7.33. The van der Waals surface area contributed by atoms with E-state index in [9.17, 15) is 0 Å². The first-order valence-corrected chi connectivity index (χ1v) is 19.8. The first-order valence-electron chi connectivity index (χ1n) is 18.0. The van der Waals surface area contributed by atoms with Crippen LogP contribution in [0.2, 0.25) is 0 Å². The first kappa shape index (κ1) is 32.4. The second-order valence-corrected chi connectivity index (χ2v) is 20.1. The van der Waals surface area contributed by atoms with E-state index >= 15 is 0 Å². The van der Waals surface area contributed by atoms with Crippen molar-refractivity contribution in [3.8, 4) is 22.4 Å². The van der Waals surface area contributed by atoms with Crippen molar-refractivity contribution >= 4 is 45.2 Å². The summed E-state index contributed by atoms with van der Waals surface area (Å²) < 4.78 is 2.92. The summed E-state index contributed by atoms with van der Waals surface area (Å²) in [7, 11) is 0. The van der Waals surface area contributed by atoms with Crippen LogP contribution in [0.1, 0.15) is 104 Å². The van der Waals surface area contributed by atoms with E-state index in [2.05, 4.69) is 182 Å². The van der Waals surface area contributed by atoms with Gasteiger partial charge in [0, 0.05) is 23.6 Å². The topological polar surface area (TPSA) is 7.12 Å². The molecule has 2 aliphatic heterocycles. The highest BCUT2D eigenvalue weighted by molar-refractivity contribution is 8.33. The quantitative estimate of drug-likeness (QED) is 0.172. The molecule has 1 aromatic heterocycles. The molecule has 0 bridgehead atoms. The Balaban J connectivity index is 1.54. The van der Waals surface area contributed by atoms with Gasteiger partial charge >= 0.3 is 0 Å². The molecule has 3 aliphatic rings. The Hall–Kier alpha value is -2.79. The first-order chi connectivity index (χ1) is 22.7. The Morgan fingerprint density at radius 2 is 1.38 bits per heavy atom. The van der Waals surface area contributed by atoms with Crippen LogP contribution in [-0.4, -0.2) is 21.7 Å². The van der Waals surface area contributed by atoms with Gasteiger partial charge in [-0.25, -0.2) is 0 Å². The summed E-state index contributed by atoms with van der Waals surface area (Å²) in [4.78, 5) is 2.71. The molecule has 0 amide bonds. The Morgan fingerprint density at radius 1 is 0.750 bits per heavy atom. The minimum absolute atomic E-state index is 0.00533. The van der Waals surface area contributed by atoms with Crippen molar-refractivity contribution in [3.05, 3.63) is 101 Å². The van der Waals surface area contributed by atoms with Crippen molar-refractivity contribution in [1.82, 2.24) is 4.90 Å². The van der Waals surface area contributed by atoms with Gasteiger partial charge in [-0.3, -0.25) is 4.90 Å². The van der Waals surface area contributed by atoms with Crippen LogP contribution in [0.15, 0.2) is 72.8 Å². The van der Waals surface area contributed by atoms with Crippen molar-refractivity contribution in [3.63, 3.8) is 0 Å². The predicted octanol–water partition coefficient (Wildman–Crippen LogP) is 11.6. The molecule has 5 aromatic rings. The van der Waals surface area contributed by atoms with Crippen LogP contribution in [0, 0.1) is 5.92 Å². The molecule has 4 aromatic carbocycles. The standard InChI is InChI=1S/C44H51N2S2/c1-25(2)22-28-20-21-34-32(23-28)37-39(43(34,10)11)31-18-14-15-19-36(31)46-40(37)33-24-35(42(7,8)9)29-16-12-13-17-30(29)38(33)44(46)47-41(48-44)45(26(3)4)27(5)6/h12-21,23-27,41H,22H2,1-11H3/q+1. The summed E-state index contributed by atoms with van der Waals surface area (Å²) in [5.74, 6) is 0.614. The van der Waals surface area contributed by atoms with Crippen molar-refractivity contribution < 1.29 is 4.57 Å². The number of pyridine rings is 1. The summed E-state index contributed by atoms with van der Waals surface area (Å²) in [6.45, 7) is 26.2. The van der Waals surface area contributed by atoms with E-state index in [4.69, 9.17) is 0 Å². The second-order valence-electron chi connectivity index (χ2n) is 17.0. The molecular weight excluding hydrogens is 621 g/mol. The average molecular weight is 672 g/mol. The van der Waals surface area contributed by atoms with Crippen LogP contribution in [-0.2, 0) is 21.5 Å². The van der Waals surface area contributed by atoms with E-state index in [0.29, 0.717) is 22.7 Å². The number of aromatic nitrogens is 1. The number of hydrogen-bond acceptors (Lipinski definition) is 3. The molecule has 1 fully saturated rings. The van der Waals surface area contributed by atoms with Gasteiger partial charge < -0.3 is 0 Å². The average Bonchev–Trinajstić information content (AvgIpc) is 3.42. The zero-order valence-electron chi connectivity index (χ0n) is 30.7. The van der Waals surface area contributed by atoms with Gasteiger partial charge in [-0.2, -0.15) is 4.57 Å². The fourth-order valence-electron chi connectivity index (χ4n) is 9.26. The zero-order chi connectivity index (χ0) is 34.1. The van der Waals surface area contributed by atoms with Crippen LogP contribution in [0.3, 0.4) is 0 Å². The Morgan fingerprint density at radius 3 is 2.00 bits per heavy atom. The monoisotopic (exact) mass is 671 g/mol. The molecule has 0 N–H and O–H groups in total. The van der Waals surface area contributed by atoms with Gasteiger partial charge in [0.05, 0.1) is 22.1 Å². The third kappa shape index (κ3) is 4.40. The number of benzene rings is 4. The lowest BCUT2D eigenvalue weighted by atomic mass is 9.79. The Labute approximate surface area is 296 Å². The van der Waals surface area contributed by atoms with E-state index in [-0.39, 0.29) is 15.0 Å². The van der Waals surface area contributed by atoms with Crippen molar-refractivity contribution in [1.29, 1.82) is 0 Å². The second kappa shape index (κ2) is 10.9. The van der Waals surface area contributed by atoms with Crippen LogP contribution < -0.4 is 4.57 Å². The number of thioether (sulfide) groups is 2. The molecule has 8 rings (SSSR count). The molecule has 0 radical (unpaired) electrons. The highest BCUT2D eigenvalue weighted by Crippen LogP contribution is 2.69. The molecule has 0 unspecified atom stereocenters. The van der Waals surface area contributed by atoms with Crippen molar-refractivity contribution in [2.75, 3.05) is 0 Å². The Bertz CT molecular complexity index is 2120. The summed E-state index contributed by atoms with van der Waals surface area (Å²) in [6, 6.07) is 29.6. The number of fused-ring (bicyclic) bond motifs is 14. The van der Waals surface area contributed by atoms with Crippen molar-refractivity contribution in [2.45, 2.75) is 114 Å². The van der Waals surface area contributed by atoms with Gasteiger partial charge in [0.2, 0.25) is 11.2 Å². The summed E-state index contributed by atoms with van der Waals surface area (Å²) in [5.41, 5.74) is 14.3. The molecule has 1 saturated heterocycles. The number of rotatable bonds is 5. The fourth-order valence-corrected chi connectivity index (χ4v) is 13.4. The lowest BCUT2D eigenvalue weighted by Crippen LogP contribution is -2.61. The number of nitrogens with zero attached hydrogens (tertiary/aromatic N) is 2. The third-order valence-electron chi connectivity index (χ3n) is 11.1. The highest BCUT2D eigenvalue weighted by atomic mass is 32.3. The molecule has 3 heterocycles. The lowest BCUT2D eigenvalue weighted by Gasteiger charge is -2.48. The van der Waals surface area contributed by atoms with Gasteiger partial charge in [0.1, 0.15) is 4.71 Å². The van der Waals surface area contributed by atoms with E-state index in [1.54, 1.807) is 0 Å². The van der Waals surface area contributed by atoms with Gasteiger partial charge in [-0.1, -0.05) is 103 Å². The zero-order valence-corrected chi connectivity index (χ0v) is 32.3. The van der Waals surface area contributed by atoms with Crippen molar-refractivity contribution in [2.24, 2.45) is 5.92 Å². The normalized spacial score (nSPS) is 20.7. The summed E-state index contributed by atoms with van der Waals surface area (Å²) in [6.07, 6.45) is 1.10. The molecule has 4 heteroatoms. The molecule has 1 aliphatic carbocycles. The number of hydrogen-bond donors (Lipinski definition) is 0. The smallest absolute Gasteiger partial charge is 0.278 e. The summed E-state index contributed by atoms with van der Waals surface area (Å²) >= 11 is 4.33. The molecule has 48 heavy (non-hydrogen) atoms. The van der Waals surface area contributed by atoms with Crippen LogP contribution in [0.5, 0.6) is 0 Å². The summed E-state index contributed by atoms with van der Waals surface area (Å²) in [5, 5.41) is 4.20. The maximum atomic E-state index is 2.80. The van der Waals surface area contributed by atoms with E-state index in [1.165, 1.54) is 71.9 Å².